The van der Waals surface area contributed by atoms with Crippen molar-refractivity contribution < 1.29 is 9.59 Å². The summed E-state index contributed by atoms with van der Waals surface area (Å²) in [6.07, 6.45) is 1.50. The van der Waals surface area contributed by atoms with Crippen molar-refractivity contribution in [2.24, 2.45) is 5.73 Å². The van der Waals surface area contributed by atoms with Gasteiger partial charge in [0.25, 0.3) is 5.91 Å². The zero-order valence-corrected chi connectivity index (χ0v) is 13.6. The van der Waals surface area contributed by atoms with Crippen molar-refractivity contribution in [1.29, 1.82) is 0 Å². The number of benzene rings is 1. The Kier molecular flexibility index (Phi) is 5.07. The number of hydrogen-bond donors (Lipinski definition) is 3. The Morgan fingerprint density at radius 3 is 2.43 bits per heavy atom. The molecule has 0 unspecified atom stereocenters. The first kappa shape index (κ1) is 16.6. The van der Waals surface area contributed by atoms with Gasteiger partial charge >= 0.3 is 0 Å². The molecule has 0 atom stereocenters. The van der Waals surface area contributed by atoms with E-state index in [2.05, 4.69) is 15.7 Å². The van der Waals surface area contributed by atoms with E-state index in [0.29, 0.717) is 22.9 Å². The highest BCUT2D eigenvalue weighted by Gasteiger charge is 2.16. The molecule has 7 nitrogen and oxygen atoms in total. The minimum atomic E-state index is -0.583. The van der Waals surface area contributed by atoms with Crippen molar-refractivity contribution in [3.05, 3.63) is 41.7 Å². The van der Waals surface area contributed by atoms with Crippen LogP contribution in [0.2, 0.25) is 0 Å². The summed E-state index contributed by atoms with van der Waals surface area (Å²) in [4.78, 5) is 22.8. The number of aryl methyl sites for hydroxylation is 1. The fraction of sp³-hybridized carbons (Fsp3) is 0.200. The van der Waals surface area contributed by atoms with Crippen LogP contribution >= 0.6 is 12.2 Å². The lowest BCUT2D eigenvalue weighted by molar-refractivity contribution is 0.0988. The molecular formula is C15H17N5O2S. The molecule has 0 aliphatic carbocycles. The molecule has 2 rings (SSSR count). The average Bonchev–Trinajstić information content (AvgIpc) is 2.90. The third kappa shape index (κ3) is 3.92. The van der Waals surface area contributed by atoms with Gasteiger partial charge < -0.3 is 16.4 Å². The zero-order valence-electron chi connectivity index (χ0n) is 12.8. The van der Waals surface area contributed by atoms with Crippen LogP contribution in [0.25, 0.3) is 0 Å². The van der Waals surface area contributed by atoms with E-state index in [4.69, 9.17) is 18.0 Å². The summed E-state index contributed by atoms with van der Waals surface area (Å²) in [6, 6.07) is 6.90. The molecule has 0 aliphatic heterocycles. The van der Waals surface area contributed by atoms with Gasteiger partial charge in [-0.05, 0) is 50.3 Å². The fourth-order valence-electron chi connectivity index (χ4n) is 2.05. The zero-order chi connectivity index (χ0) is 17.0. The molecule has 1 amide bonds. The molecule has 2 aromatic rings. The summed E-state index contributed by atoms with van der Waals surface area (Å²) in [5.74, 6) is -0.587. The van der Waals surface area contributed by atoms with Gasteiger partial charge in [0, 0.05) is 17.8 Å². The second-order valence-electron chi connectivity index (χ2n) is 4.80. The van der Waals surface area contributed by atoms with Crippen LogP contribution in [-0.2, 0) is 6.54 Å². The number of carbonyl (C=O) groups excluding carboxylic acids is 2. The van der Waals surface area contributed by atoms with E-state index in [1.807, 2.05) is 6.92 Å². The van der Waals surface area contributed by atoms with Crippen molar-refractivity contribution >= 4 is 40.4 Å². The number of nitrogens with zero attached hydrogens (tertiary/aromatic N) is 2. The van der Waals surface area contributed by atoms with Gasteiger partial charge in [-0.3, -0.25) is 14.3 Å². The molecule has 0 spiro atoms. The smallest absolute Gasteiger partial charge is 0.269 e. The van der Waals surface area contributed by atoms with Crippen LogP contribution in [0.15, 0.2) is 30.5 Å². The van der Waals surface area contributed by atoms with Crippen molar-refractivity contribution in [2.75, 3.05) is 10.6 Å². The summed E-state index contributed by atoms with van der Waals surface area (Å²) < 4.78 is 1.49. The molecule has 8 heteroatoms. The Balaban J connectivity index is 2.09. The number of thiocarbonyl (C=S) groups is 1. The summed E-state index contributed by atoms with van der Waals surface area (Å²) in [7, 11) is 0. The first-order valence-electron chi connectivity index (χ1n) is 6.97. The molecule has 0 aliphatic rings. The van der Waals surface area contributed by atoms with Gasteiger partial charge in [0.2, 0.25) is 0 Å². The molecule has 23 heavy (non-hydrogen) atoms. The molecule has 0 saturated carbocycles. The van der Waals surface area contributed by atoms with E-state index in [9.17, 15) is 9.59 Å². The summed E-state index contributed by atoms with van der Waals surface area (Å²) in [6.45, 7) is 3.88. The number of nitrogens with one attached hydrogen (secondary N) is 2. The second-order valence-corrected chi connectivity index (χ2v) is 5.21. The molecule has 0 fully saturated rings. The fourth-order valence-corrected chi connectivity index (χ4v) is 2.28. The molecule has 0 radical (unpaired) electrons. The number of amides is 1. The number of carbonyl (C=O) groups is 2. The minimum absolute atomic E-state index is 0.00432. The van der Waals surface area contributed by atoms with Crippen LogP contribution in [0.5, 0.6) is 0 Å². The van der Waals surface area contributed by atoms with Crippen LogP contribution < -0.4 is 16.4 Å². The number of rotatable bonds is 5. The number of primary amides is 1. The Labute approximate surface area is 138 Å². The number of Topliss-reactive ketones (excluding diaryl/α,β-unsaturated/α-hetero) is 1. The van der Waals surface area contributed by atoms with Crippen LogP contribution in [-0.4, -0.2) is 26.6 Å². The van der Waals surface area contributed by atoms with Gasteiger partial charge in [0.05, 0.1) is 11.9 Å². The lowest BCUT2D eigenvalue weighted by atomic mass is 10.1. The topological polar surface area (TPSA) is 102 Å². The molecule has 1 aromatic heterocycles. The normalized spacial score (nSPS) is 10.2. The molecule has 120 valence electrons. The number of ketones is 1. The maximum atomic E-state index is 11.5. The largest absolute Gasteiger partial charge is 0.364 e. The van der Waals surface area contributed by atoms with Crippen LogP contribution in [0.1, 0.15) is 34.7 Å². The van der Waals surface area contributed by atoms with Crippen LogP contribution in [0, 0.1) is 0 Å². The molecular weight excluding hydrogens is 314 g/mol. The SMILES string of the molecule is CCn1ncc(NC(=S)Nc2ccc(C(C)=O)cc2)c1C(N)=O. The highest BCUT2D eigenvalue weighted by molar-refractivity contribution is 7.80. The van der Waals surface area contributed by atoms with Crippen molar-refractivity contribution in [2.45, 2.75) is 20.4 Å². The Morgan fingerprint density at radius 1 is 1.26 bits per heavy atom. The molecule has 1 heterocycles. The van der Waals surface area contributed by atoms with E-state index < -0.39 is 5.91 Å². The Hall–Kier alpha value is -2.74. The first-order valence-corrected chi connectivity index (χ1v) is 7.37. The summed E-state index contributed by atoms with van der Waals surface area (Å²) >= 11 is 5.22. The Morgan fingerprint density at radius 2 is 1.91 bits per heavy atom. The van der Waals surface area contributed by atoms with Gasteiger partial charge in [-0.2, -0.15) is 5.10 Å². The maximum absolute atomic E-state index is 11.5. The number of anilines is 2. The van der Waals surface area contributed by atoms with E-state index in [-0.39, 0.29) is 11.5 Å². The van der Waals surface area contributed by atoms with Crippen molar-refractivity contribution in [3.63, 3.8) is 0 Å². The van der Waals surface area contributed by atoms with E-state index >= 15 is 0 Å². The molecule has 4 N–H and O–H groups in total. The average molecular weight is 331 g/mol. The molecule has 1 aromatic carbocycles. The van der Waals surface area contributed by atoms with Crippen molar-refractivity contribution in [1.82, 2.24) is 9.78 Å². The Bertz CT molecular complexity index is 752. The third-order valence-corrected chi connectivity index (χ3v) is 3.37. The molecule has 0 bridgehead atoms. The monoisotopic (exact) mass is 331 g/mol. The van der Waals surface area contributed by atoms with Crippen LogP contribution in [0.3, 0.4) is 0 Å². The predicted molar refractivity (Wildman–Crippen MR) is 92.7 cm³/mol. The van der Waals surface area contributed by atoms with Gasteiger partial charge in [0.1, 0.15) is 5.69 Å². The highest BCUT2D eigenvalue weighted by Crippen LogP contribution is 2.16. The predicted octanol–water partition coefficient (Wildman–Crippen LogP) is 2.01. The van der Waals surface area contributed by atoms with Gasteiger partial charge in [-0.15, -0.1) is 0 Å². The number of hydrogen-bond acceptors (Lipinski definition) is 4. The molecule has 0 saturated heterocycles. The van der Waals surface area contributed by atoms with Gasteiger partial charge in [-0.25, -0.2) is 0 Å². The first-order chi connectivity index (χ1) is 10.9. The minimum Gasteiger partial charge on any atom is -0.364 e. The second kappa shape index (κ2) is 7.01. The van der Waals surface area contributed by atoms with Gasteiger partial charge in [0.15, 0.2) is 10.9 Å². The highest BCUT2D eigenvalue weighted by atomic mass is 32.1. The standard InChI is InChI=1S/C15H17N5O2S/c1-3-20-13(14(16)22)12(8-17-20)19-15(23)18-11-6-4-10(5-7-11)9(2)21/h4-8H,3H2,1-2H3,(H2,16,22)(H2,18,19,23). The maximum Gasteiger partial charge on any atom is 0.269 e. The number of nitrogens with two attached hydrogens (primary N) is 1. The van der Waals surface area contributed by atoms with Crippen LogP contribution in [0.4, 0.5) is 11.4 Å². The van der Waals surface area contributed by atoms with Crippen molar-refractivity contribution in [3.8, 4) is 0 Å². The van der Waals surface area contributed by atoms with Gasteiger partial charge in [-0.1, -0.05) is 0 Å². The lowest BCUT2D eigenvalue weighted by Gasteiger charge is -2.11. The number of aromatic nitrogens is 2. The van der Waals surface area contributed by atoms with E-state index in [1.165, 1.54) is 17.8 Å². The van der Waals surface area contributed by atoms with E-state index in [0.717, 1.165) is 5.69 Å². The lowest BCUT2D eigenvalue weighted by Crippen LogP contribution is -2.23. The quantitative estimate of drug-likeness (QED) is 0.572. The third-order valence-electron chi connectivity index (χ3n) is 3.17. The summed E-state index contributed by atoms with van der Waals surface area (Å²) in [5.41, 5.74) is 7.42. The summed E-state index contributed by atoms with van der Waals surface area (Å²) in [5, 5.41) is 10.2. The van der Waals surface area contributed by atoms with E-state index in [1.54, 1.807) is 24.3 Å².